The molecule has 0 fully saturated rings. The van der Waals surface area contributed by atoms with Crippen molar-refractivity contribution in [1.29, 1.82) is 0 Å². The summed E-state index contributed by atoms with van der Waals surface area (Å²) >= 11 is 0. The minimum absolute atomic E-state index is 0.0823. The first-order valence-electron chi connectivity index (χ1n) is 7.89. The van der Waals surface area contributed by atoms with Gasteiger partial charge in [0.15, 0.2) is 5.69 Å². The number of nitrogens with zero attached hydrogens (tertiary/aromatic N) is 3. The van der Waals surface area contributed by atoms with E-state index in [1.165, 1.54) is 6.07 Å². The van der Waals surface area contributed by atoms with Gasteiger partial charge in [0.1, 0.15) is 0 Å². The third-order valence-corrected chi connectivity index (χ3v) is 3.88. The average molecular weight is 369 g/mol. The van der Waals surface area contributed by atoms with Crippen LogP contribution in [0.1, 0.15) is 35.0 Å². The van der Waals surface area contributed by atoms with Gasteiger partial charge in [-0.25, -0.2) is 4.68 Å². The number of hydrogen-bond acceptors (Lipinski definition) is 3. The van der Waals surface area contributed by atoms with Gasteiger partial charge in [-0.1, -0.05) is 18.2 Å². The second kappa shape index (κ2) is 7.59. The summed E-state index contributed by atoms with van der Waals surface area (Å²) in [5, 5.41) is 12.5. The number of aryl methyl sites for hydroxylation is 1. The van der Waals surface area contributed by atoms with Crippen molar-refractivity contribution >= 4 is 11.9 Å². The quantitative estimate of drug-likeness (QED) is 0.849. The molecule has 0 saturated carbocycles. The van der Waals surface area contributed by atoms with Crippen LogP contribution in [0.5, 0.6) is 0 Å². The Morgan fingerprint density at radius 2 is 1.92 bits per heavy atom. The summed E-state index contributed by atoms with van der Waals surface area (Å²) in [6.07, 6.45) is -4.29. The van der Waals surface area contributed by atoms with Crippen LogP contribution in [0.4, 0.5) is 13.2 Å². The third kappa shape index (κ3) is 4.04. The van der Waals surface area contributed by atoms with E-state index < -0.39 is 29.3 Å². The van der Waals surface area contributed by atoms with Crippen LogP contribution >= 0.6 is 0 Å². The Morgan fingerprint density at radius 3 is 2.46 bits per heavy atom. The van der Waals surface area contributed by atoms with Gasteiger partial charge in [0.25, 0.3) is 5.91 Å². The number of alkyl halides is 3. The Bertz CT molecular complexity index is 815. The molecule has 0 saturated heterocycles. The standard InChI is InChI=1S/C17H18F3N3O3/c1-3-22(9-8-14(24)25)16(26)12-10-21-23(15(12)17(18,19)20)13-7-5-4-6-11(13)2/h4-7,10H,3,8-9H2,1-2H3,(H,24,25). The first-order chi connectivity index (χ1) is 12.2. The largest absolute Gasteiger partial charge is 0.481 e. The lowest BCUT2D eigenvalue weighted by molar-refractivity contribution is -0.143. The molecule has 0 unspecified atom stereocenters. The summed E-state index contributed by atoms with van der Waals surface area (Å²) in [5.74, 6) is -2.04. The number of amides is 1. The van der Waals surface area contributed by atoms with E-state index in [1.54, 1.807) is 32.0 Å². The maximum absolute atomic E-state index is 13.7. The molecule has 2 aromatic rings. The van der Waals surface area contributed by atoms with Crippen LogP contribution in [0, 0.1) is 6.92 Å². The van der Waals surface area contributed by atoms with Crippen LogP contribution in [-0.2, 0) is 11.0 Å². The Morgan fingerprint density at radius 1 is 1.27 bits per heavy atom. The molecular weight excluding hydrogens is 351 g/mol. The number of halogens is 3. The van der Waals surface area contributed by atoms with Crippen molar-refractivity contribution in [3.8, 4) is 5.69 Å². The fourth-order valence-electron chi connectivity index (χ4n) is 2.57. The highest BCUT2D eigenvalue weighted by Gasteiger charge is 2.41. The van der Waals surface area contributed by atoms with Gasteiger partial charge in [0, 0.05) is 13.1 Å². The highest BCUT2D eigenvalue weighted by molar-refractivity contribution is 5.95. The van der Waals surface area contributed by atoms with Gasteiger partial charge in [-0.05, 0) is 25.5 Å². The fourth-order valence-corrected chi connectivity index (χ4v) is 2.57. The zero-order chi connectivity index (χ0) is 19.5. The normalized spacial score (nSPS) is 11.4. The van der Waals surface area contributed by atoms with Crippen LogP contribution in [0.25, 0.3) is 5.69 Å². The molecule has 0 atom stereocenters. The monoisotopic (exact) mass is 369 g/mol. The number of carboxylic acid groups (broad SMARTS) is 1. The average Bonchev–Trinajstić information content (AvgIpc) is 3.00. The van der Waals surface area contributed by atoms with Crippen LogP contribution in [0.2, 0.25) is 0 Å². The first-order valence-corrected chi connectivity index (χ1v) is 7.89. The lowest BCUT2D eigenvalue weighted by Gasteiger charge is -2.21. The molecule has 1 heterocycles. The molecule has 1 N–H and O–H groups in total. The summed E-state index contributed by atoms with van der Waals surface area (Å²) in [5.41, 5.74) is -0.996. The van der Waals surface area contributed by atoms with Gasteiger partial charge in [-0.3, -0.25) is 9.59 Å². The smallest absolute Gasteiger partial charge is 0.434 e. The van der Waals surface area contributed by atoms with Crippen molar-refractivity contribution < 1.29 is 27.9 Å². The number of carbonyl (C=O) groups excluding carboxylic acids is 1. The Labute approximate surface area is 147 Å². The maximum atomic E-state index is 13.7. The van der Waals surface area contributed by atoms with Crippen molar-refractivity contribution in [2.75, 3.05) is 13.1 Å². The number of hydrogen-bond donors (Lipinski definition) is 1. The van der Waals surface area contributed by atoms with Gasteiger partial charge in [-0.15, -0.1) is 0 Å². The van der Waals surface area contributed by atoms with Gasteiger partial charge >= 0.3 is 12.1 Å². The zero-order valence-electron chi connectivity index (χ0n) is 14.2. The van der Waals surface area contributed by atoms with Gasteiger partial charge in [-0.2, -0.15) is 18.3 Å². The maximum Gasteiger partial charge on any atom is 0.434 e. The molecule has 1 amide bonds. The van der Waals surface area contributed by atoms with E-state index in [2.05, 4.69) is 5.10 Å². The van der Waals surface area contributed by atoms with Gasteiger partial charge < -0.3 is 10.0 Å². The lowest BCUT2D eigenvalue weighted by Crippen LogP contribution is -2.34. The Balaban J connectivity index is 2.51. The minimum Gasteiger partial charge on any atom is -0.481 e. The Hall–Kier alpha value is -2.84. The number of carbonyl (C=O) groups is 2. The van der Waals surface area contributed by atoms with Crippen LogP contribution < -0.4 is 0 Å². The van der Waals surface area contributed by atoms with E-state index in [0.717, 1.165) is 11.1 Å². The van der Waals surface area contributed by atoms with E-state index in [0.29, 0.717) is 10.2 Å². The summed E-state index contributed by atoms with van der Waals surface area (Å²) in [7, 11) is 0. The molecule has 0 aliphatic rings. The molecule has 26 heavy (non-hydrogen) atoms. The molecule has 0 radical (unpaired) electrons. The molecule has 0 bridgehead atoms. The van der Waals surface area contributed by atoms with E-state index in [4.69, 9.17) is 5.11 Å². The van der Waals surface area contributed by atoms with Crippen LogP contribution in [0.15, 0.2) is 30.5 Å². The topological polar surface area (TPSA) is 75.4 Å². The second-order valence-electron chi connectivity index (χ2n) is 5.63. The second-order valence-corrected chi connectivity index (χ2v) is 5.63. The van der Waals surface area contributed by atoms with E-state index >= 15 is 0 Å². The molecule has 0 aliphatic carbocycles. The SMILES string of the molecule is CCN(CCC(=O)O)C(=O)c1cnn(-c2ccccc2C)c1C(F)(F)F. The van der Waals surface area contributed by atoms with Crippen molar-refractivity contribution in [1.82, 2.24) is 14.7 Å². The van der Waals surface area contributed by atoms with Crippen LogP contribution in [0.3, 0.4) is 0 Å². The number of aliphatic carboxylic acids is 1. The number of rotatable bonds is 6. The third-order valence-electron chi connectivity index (χ3n) is 3.88. The van der Waals surface area contributed by atoms with Crippen molar-refractivity contribution in [2.24, 2.45) is 0 Å². The summed E-state index contributed by atoms with van der Waals surface area (Å²) in [6, 6.07) is 6.39. The zero-order valence-corrected chi connectivity index (χ0v) is 14.2. The van der Waals surface area contributed by atoms with Gasteiger partial charge in [0.05, 0.1) is 23.9 Å². The molecule has 1 aromatic heterocycles. The first kappa shape index (κ1) is 19.5. The van der Waals surface area contributed by atoms with E-state index in [-0.39, 0.29) is 25.2 Å². The Kier molecular flexibility index (Phi) is 5.69. The van der Waals surface area contributed by atoms with Gasteiger partial charge in [0.2, 0.25) is 0 Å². The predicted molar refractivity (Wildman–Crippen MR) is 87.1 cm³/mol. The predicted octanol–water partition coefficient (Wildman–Crippen LogP) is 3.14. The number of carboxylic acids is 1. The molecule has 140 valence electrons. The van der Waals surface area contributed by atoms with E-state index in [1.807, 2.05) is 0 Å². The summed E-state index contributed by atoms with van der Waals surface area (Å²) in [6.45, 7) is 3.11. The highest BCUT2D eigenvalue weighted by Crippen LogP contribution is 2.34. The molecular formula is C17H18F3N3O3. The van der Waals surface area contributed by atoms with Crippen molar-refractivity contribution in [3.63, 3.8) is 0 Å². The number of benzene rings is 1. The van der Waals surface area contributed by atoms with Crippen molar-refractivity contribution in [2.45, 2.75) is 26.4 Å². The lowest BCUT2D eigenvalue weighted by atomic mass is 10.1. The summed E-state index contributed by atoms with van der Waals surface area (Å²) < 4.78 is 41.7. The molecule has 0 aliphatic heterocycles. The van der Waals surface area contributed by atoms with Crippen molar-refractivity contribution in [3.05, 3.63) is 47.3 Å². The van der Waals surface area contributed by atoms with E-state index in [9.17, 15) is 22.8 Å². The fraction of sp³-hybridized carbons (Fsp3) is 0.353. The highest BCUT2D eigenvalue weighted by atomic mass is 19.4. The molecule has 2 rings (SSSR count). The summed E-state index contributed by atoms with van der Waals surface area (Å²) in [4.78, 5) is 24.3. The molecule has 6 nitrogen and oxygen atoms in total. The number of para-hydroxylation sites is 1. The minimum atomic E-state index is -4.81. The molecule has 0 spiro atoms. The molecule has 9 heteroatoms. The molecule has 1 aromatic carbocycles. The van der Waals surface area contributed by atoms with Crippen LogP contribution in [-0.4, -0.2) is 44.8 Å². The number of aromatic nitrogens is 2.